The lowest BCUT2D eigenvalue weighted by molar-refractivity contribution is -0.116. The molecule has 0 saturated heterocycles. The summed E-state index contributed by atoms with van der Waals surface area (Å²) >= 11 is 3.37. The van der Waals surface area contributed by atoms with Gasteiger partial charge in [0, 0.05) is 22.8 Å². The molecular formula is C18H19BrN4O3. The topological polar surface area (TPSA) is 113 Å². The first-order chi connectivity index (χ1) is 12.3. The van der Waals surface area contributed by atoms with Crippen molar-refractivity contribution in [3.8, 4) is 0 Å². The number of carbonyl (C=O) groups excluding carboxylic acids is 3. The molecule has 2 aromatic rings. The van der Waals surface area contributed by atoms with E-state index in [4.69, 9.17) is 5.73 Å². The number of primary amides is 1. The minimum atomic E-state index is -0.706. The first-order valence-electron chi connectivity index (χ1n) is 7.82. The minimum absolute atomic E-state index is 0.0207. The molecule has 4 amide bonds. The van der Waals surface area contributed by atoms with Crippen molar-refractivity contribution in [2.75, 3.05) is 10.6 Å². The molecule has 0 heterocycles. The molecule has 26 heavy (non-hydrogen) atoms. The van der Waals surface area contributed by atoms with Crippen molar-refractivity contribution in [3.63, 3.8) is 0 Å². The van der Waals surface area contributed by atoms with Gasteiger partial charge in [0.25, 0.3) is 0 Å². The zero-order valence-corrected chi connectivity index (χ0v) is 15.7. The van der Waals surface area contributed by atoms with Gasteiger partial charge in [-0.15, -0.1) is 0 Å². The first kappa shape index (κ1) is 19.5. The Labute approximate surface area is 159 Å². The third kappa shape index (κ3) is 6.21. The van der Waals surface area contributed by atoms with Gasteiger partial charge in [0.2, 0.25) is 11.8 Å². The Morgan fingerprint density at radius 2 is 1.65 bits per heavy atom. The van der Waals surface area contributed by atoms with Crippen molar-refractivity contribution >= 4 is 45.2 Å². The molecule has 2 aromatic carbocycles. The molecule has 7 nitrogen and oxygen atoms in total. The SMILES string of the molecule is CC(=O)Nc1ccc(NC(=O)CC(NC(N)=O)c2cccc(Br)c2)cc1. The van der Waals surface area contributed by atoms with Gasteiger partial charge in [-0.3, -0.25) is 9.59 Å². The van der Waals surface area contributed by atoms with E-state index < -0.39 is 12.1 Å². The number of halogens is 1. The van der Waals surface area contributed by atoms with E-state index in [0.717, 1.165) is 10.0 Å². The highest BCUT2D eigenvalue weighted by Crippen LogP contribution is 2.22. The largest absolute Gasteiger partial charge is 0.352 e. The Hall–Kier alpha value is -2.87. The molecule has 5 N–H and O–H groups in total. The van der Waals surface area contributed by atoms with Crippen molar-refractivity contribution < 1.29 is 14.4 Å². The zero-order valence-electron chi connectivity index (χ0n) is 14.1. The summed E-state index contributed by atoms with van der Waals surface area (Å²) in [6.45, 7) is 1.42. The molecule has 0 saturated carbocycles. The van der Waals surface area contributed by atoms with Gasteiger partial charge in [-0.1, -0.05) is 28.1 Å². The van der Waals surface area contributed by atoms with Crippen molar-refractivity contribution in [3.05, 3.63) is 58.6 Å². The van der Waals surface area contributed by atoms with Gasteiger partial charge in [0.15, 0.2) is 0 Å². The predicted molar refractivity (Wildman–Crippen MR) is 104 cm³/mol. The molecule has 2 rings (SSSR count). The van der Waals surface area contributed by atoms with Crippen LogP contribution in [0.25, 0.3) is 0 Å². The van der Waals surface area contributed by atoms with Crippen molar-refractivity contribution in [2.24, 2.45) is 5.73 Å². The smallest absolute Gasteiger partial charge is 0.312 e. The standard InChI is InChI=1S/C18H19BrN4O3/c1-11(24)21-14-5-7-15(8-6-14)22-17(25)10-16(23-18(20)26)12-3-2-4-13(19)9-12/h2-9,16H,10H2,1H3,(H,21,24)(H,22,25)(H3,20,23,26). The molecule has 136 valence electrons. The lowest BCUT2D eigenvalue weighted by Gasteiger charge is -2.18. The molecule has 0 aliphatic heterocycles. The lowest BCUT2D eigenvalue weighted by Crippen LogP contribution is -2.35. The lowest BCUT2D eigenvalue weighted by atomic mass is 10.0. The molecule has 0 spiro atoms. The van der Waals surface area contributed by atoms with E-state index in [0.29, 0.717) is 11.4 Å². The fraction of sp³-hybridized carbons (Fsp3) is 0.167. The average Bonchev–Trinajstić information content (AvgIpc) is 2.55. The number of hydrogen-bond donors (Lipinski definition) is 4. The zero-order chi connectivity index (χ0) is 19.1. The summed E-state index contributed by atoms with van der Waals surface area (Å²) in [6.07, 6.45) is 0.0207. The fourth-order valence-corrected chi connectivity index (χ4v) is 2.80. The summed E-state index contributed by atoms with van der Waals surface area (Å²) in [5, 5.41) is 7.98. The van der Waals surface area contributed by atoms with Crippen LogP contribution in [-0.4, -0.2) is 17.8 Å². The van der Waals surface area contributed by atoms with Crippen LogP contribution in [0.15, 0.2) is 53.0 Å². The second-order valence-electron chi connectivity index (χ2n) is 5.63. The van der Waals surface area contributed by atoms with E-state index >= 15 is 0 Å². The fourth-order valence-electron chi connectivity index (χ4n) is 2.38. The van der Waals surface area contributed by atoms with Crippen LogP contribution < -0.4 is 21.7 Å². The van der Waals surface area contributed by atoms with Gasteiger partial charge in [0.1, 0.15) is 0 Å². The van der Waals surface area contributed by atoms with Crippen LogP contribution in [0.4, 0.5) is 16.2 Å². The molecule has 1 atom stereocenters. The monoisotopic (exact) mass is 418 g/mol. The van der Waals surface area contributed by atoms with Gasteiger partial charge in [-0.25, -0.2) is 4.79 Å². The van der Waals surface area contributed by atoms with Crippen LogP contribution >= 0.6 is 15.9 Å². The molecule has 0 aromatic heterocycles. The third-order valence-corrected chi connectivity index (χ3v) is 3.94. The Morgan fingerprint density at radius 3 is 2.19 bits per heavy atom. The third-order valence-electron chi connectivity index (χ3n) is 3.45. The van der Waals surface area contributed by atoms with Gasteiger partial charge in [0.05, 0.1) is 12.5 Å². The maximum absolute atomic E-state index is 12.3. The summed E-state index contributed by atoms with van der Waals surface area (Å²) in [5.74, 6) is -0.452. The van der Waals surface area contributed by atoms with E-state index in [-0.39, 0.29) is 18.2 Å². The van der Waals surface area contributed by atoms with Gasteiger partial charge >= 0.3 is 6.03 Å². The van der Waals surface area contributed by atoms with Gasteiger partial charge < -0.3 is 21.7 Å². The highest BCUT2D eigenvalue weighted by molar-refractivity contribution is 9.10. The number of nitrogens with two attached hydrogens (primary N) is 1. The molecule has 0 radical (unpaired) electrons. The van der Waals surface area contributed by atoms with Crippen LogP contribution in [-0.2, 0) is 9.59 Å². The van der Waals surface area contributed by atoms with Crippen LogP contribution in [0.3, 0.4) is 0 Å². The number of benzene rings is 2. The Balaban J connectivity index is 2.04. The summed E-state index contributed by atoms with van der Waals surface area (Å²) in [7, 11) is 0. The maximum atomic E-state index is 12.3. The van der Waals surface area contributed by atoms with Crippen LogP contribution in [0.1, 0.15) is 24.9 Å². The second-order valence-corrected chi connectivity index (χ2v) is 6.54. The number of urea groups is 1. The van der Waals surface area contributed by atoms with E-state index in [1.54, 1.807) is 30.3 Å². The summed E-state index contributed by atoms with van der Waals surface area (Å²) in [6, 6.07) is 12.8. The normalized spacial score (nSPS) is 11.3. The summed E-state index contributed by atoms with van der Waals surface area (Å²) < 4.78 is 0.834. The number of nitrogens with one attached hydrogen (secondary N) is 3. The molecule has 8 heteroatoms. The van der Waals surface area contributed by atoms with Crippen LogP contribution in [0, 0.1) is 0 Å². The minimum Gasteiger partial charge on any atom is -0.352 e. The van der Waals surface area contributed by atoms with Crippen molar-refractivity contribution in [1.29, 1.82) is 0 Å². The molecular weight excluding hydrogens is 400 g/mol. The highest BCUT2D eigenvalue weighted by Gasteiger charge is 2.18. The molecule has 0 bridgehead atoms. The average molecular weight is 419 g/mol. The molecule has 1 unspecified atom stereocenters. The highest BCUT2D eigenvalue weighted by atomic mass is 79.9. The molecule has 0 aliphatic rings. The number of carbonyl (C=O) groups is 3. The maximum Gasteiger partial charge on any atom is 0.312 e. The van der Waals surface area contributed by atoms with Crippen LogP contribution in [0.2, 0.25) is 0 Å². The summed E-state index contributed by atoms with van der Waals surface area (Å²) in [4.78, 5) is 34.6. The second kappa shape index (κ2) is 9.00. The molecule has 0 aliphatic carbocycles. The van der Waals surface area contributed by atoms with E-state index in [9.17, 15) is 14.4 Å². The number of hydrogen-bond acceptors (Lipinski definition) is 3. The predicted octanol–water partition coefficient (Wildman–Crippen LogP) is 3.15. The van der Waals surface area contributed by atoms with E-state index in [2.05, 4.69) is 31.9 Å². The van der Waals surface area contributed by atoms with Gasteiger partial charge in [-0.2, -0.15) is 0 Å². The Morgan fingerprint density at radius 1 is 1.04 bits per heavy atom. The Bertz CT molecular complexity index is 808. The number of rotatable bonds is 6. The van der Waals surface area contributed by atoms with Crippen molar-refractivity contribution in [2.45, 2.75) is 19.4 Å². The van der Waals surface area contributed by atoms with E-state index in [1.165, 1.54) is 6.92 Å². The number of amides is 4. The van der Waals surface area contributed by atoms with Gasteiger partial charge in [-0.05, 0) is 42.0 Å². The molecule has 0 fully saturated rings. The van der Waals surface area contributed by atoms with Crippen molar-refractivity contribution in [1.82, 2.24) is 5.32 Å². The Kier molecular flexibility index (Phi) is 6.74. The van der Waals surface area contributed by atoms with E-state index in [1.807, 2.05) is 18.2 Å². The number of anilines is 2. The van der Waals surface area contributed by atoms with Crippen LogP contribution in [0.5, 0.6) is 0 Å². The first-order valence-corrected chi connectivity index (χ1v) is 8.61. The summed E-state index contributed by atoms with van der Waals surface area (Å²) in [5.41, 5.74) is 7.20. The quantitative estimate of drug-likeness (QED) is 0.577.